The fourth-order valence-corrected chi connectivity index (χ4v) is 4.65. The lowest BCUT2D eigenvalue weighted by molar-refractivity contribution is 0.0941. The third kappa shape index (κ3) is 5.07. The molecule has 6 heteroatoms. The topological polar surface area (TPSA) is 64.7 Å². The zero-order chi connectivity index (χ0) is 21.6. The highest BCUT2D eigenvalue weighted by molar-refractivity contribution is 6.02. The highest BCUT2D eigenvalue weighted by Crippen LogP contribution is 2.26. The SMILES string of the molecule is CCN1CCC[C@H]1CNC(=O)c1ccc(NC(=O)N2CCCCc3ccccc32)cc1. The van der Waals surface area contributed by atoms with Crippen molar-refractivity contribution in [1.82, 2.24) is 10.2 Å². The fraction of sp³-hybridized carbons (Fsp3) is 0.440. The average Bonchev–Trinajstić information content (AvgIpc) is 3.15. The van der Waals surface area contributed by atoms with Gasteiger partial charge in [0.1, 0.15) is 0 Å². The van der Waals surface area contributed by atoms with E-state index in [2.05, 4.69) is 28.5 Å². The number of aryl methyl sites for hydroxylation is 1. The molecule has 1 saturated heterocycles. The summed E-state index contributed by atoms with van der Waals surface area (Å²) in [6, 6.07) is 15.5. The number of para-hydroxylation sites is 1. The molecule has 2 N–H and O–H groups in total. The van der Waals surface area contributed by atoms with Gasteiger partial charge in [-0.1, -0.05) is 25.1 Å². The zero-order valence-electron chi connectivity index (χ0n) is 18.3. The molecule has 0 bridgehead atoms. The van der Waals surface area contributed by atoms with Crippen LogP contribution in [-0.4, -0.2) is 49.1 Å². The number of likely N-dealkylation sites (N-methyl/N-ethyl adjacent to an activating group) is 1. The maximum absolute atomic E-state index is 12.9. The number of urea groups is 1. The Balaban J connectivity index is 1.35. The number of rotatable bonds is 5. The summed E-state index contributed by atoms with van der Waals surface area (Å²) < 4.78 is 0. The van der Waals surface area contributed by atoms with Gasteiger partial charge in [-0.15, -0.1) is 0 Å². The van der Waals surface area contributed by atoms with Crippen molar-refractivity contribution in [2.24, 2.45) is 0 Å². The summed E-state index contributed by atoms with van der Waals surface area (Å²) in [7, 11) is 0. The highest BCUT2D eigenvalue weighted by Gasteiger charge is 2.23. The molecule has 31 heavy (non-hydrogen) atoms. The van der Waals surface area contributed by atoms with Crippen molar-refractivity contribution in [3.63, 3.8) is 0 Å². The summed E-state index contributed by atoms with van der Waals surface area (Å²) in [6.07, 6.45) is 5.41. The first-order chi connectivity index (χ1) is 15.2. The lowest BCUT2D eigenvalue weighted by Gasteiger charge is -2.23. The van der Waals surface area contributed by atoms with Crippen LogP contribution in [0.3, 0.4) is 0 Å². The first kappa shape index (κ1) is 21.4. The normalized spacial score (nSPS) is 18.9. The van der Waals surface area contributed by atoms with Crippen LogP contribution in [0, 0.1) is 0 Å². The fourth-order valence-electron chi connectivity index (χ4n) is 4.65. The van der Waals surface area contributed by atoms with E-state index in [1.54, 1.807) is 24.3 Å². The van der Waals surface area contributed by atoms with Gasteiger partial charge < -0.3 is 10.6 Å². The smallest absolute Gasteiger partial charge is 0.326 e. The molecule has 2 aromatic carbocycles. The molecule has 0 radical (unpaired) electrons. The molecule has 6 nitrogen and oxygen atoms in total. The molecule has 164 valence electrons. The molecule has 0 unspecified atom stereocenters. The van der Waals surface area contributed by atoms with Gasteiger partial charge in [0.25, 0.3) is 5.91 Å². The zero-order valence-corrected chi connectivity index (χ0v) is 18.3. The van der Waals surface area contributed by atoms with Gasteiger partial charge >= 0.3 is 6.03 Å². The van der Waals surface area contributed by atoms with Crippen LogP contribution >= 0.6 is 0 Å². The predicted molar refractivity (Wildman–Crippen MR) is 125 cm³/mol. The molecule has 1 atom stereocenters. The number of benzene rings is 2. The Hall–Kier alpha value is -2.86. The molecule has 0 aliphatic carbocycles. The maximum Gasteiger partial charge on any atom is 0.326 e. The first-order valence-electron chi connectivity index (χ1n) is 11.4. The Labute approximate surface area is 184 Å². The number of nitrogens with one attached hydrogen (secondary N) is 2. The van der Waals surface area contributed by atoms with Crippen molar-refractivity contribution in [2.75, 3.05) is 36.4 Å². The van der Waals surface area contributed by atoms with Crippen molar-refractivity contribution in [3.8, 4) is 0 Å². The van der Waals surface area contributed by atoms with E-state index in [1.807, 2.05) is 23.1 Å². The number of nitrogens with zero attached hydrogens (tertiary/aromatic N) is 2. The number of hydrogen-bond acceptors (Lipinski definition) is 3. The molecule has 2 heterocycles. The molecule has 2 aromatic rings. The number of likely N-dealkylation sites (tertiary alicyclic amines) is 1. The van der Waals surface area contributed by atoms with Gasteiger partial charge in [-0.25, -0.2) is 4.79 Å². The minimum Gasteiger partial charge on any atom is -0.350 e. The van der Waals surface area contributed by atoms with E-state index >= 15 is 0 Å². The summed E-state index contributed by atoms with van der Waals surface area (Å²) in [5.41, 5.74) is 3.50. The molecule has 4 rings (SSSR count). The Bertz CT molecular complexity index is 912. The van der Waals surface area contributed by atoms with Gasteiger partial charge in [-0.3, -0.25) is 14.6 Å². The summed E-state index contributed by atoms with van der Waals surface area (Å²) in [5, 5.41) is 6.04. The number of hydrogen-bond donors (Lipinski definition) is 2. The van der Waals surface area contributed by atoms with E-state index in [4.69, 9.17) is 0 Å². The Morgan fingerprint density at radius 1 is 1.00 bits per heavy atom. The summed E-state index contributed by atoms with van der Waals surface area (Å²) in [4.78, 5) is 29.7. The monoisotopic (exact) mass is 420 g/mol. The van der Waals surface area contributed by atoms with Crippen molar-refractivity contribution in [2.45, 2.75) is 45.1 Å². The molecule has 1 fully saturated rings. The van der Waals surface area contributed by atoms with Crippen LogP contribution < -0.4 is 15.5 Å². The van der Waals surface area contributed by atoms with Crippen LogP contribution in [0.25, 0.3) is 0 Å². The van der Waals surface area contributed by atoms with Gasteiger partial charge in [0.15, 0.2) is 0 Å². The van der Waals surface area contributed by atoms with E-state index < -0.39 is 0 Å². The van der Waals surface area contributed by atoms with Crippen molar-refractivity contribution < 1.29 is 9.59 Å². The molecular formula is C25H32N4O2. The second-order valence-electron chi connectivity index (χ2n) is 8.38. The minimum atomic E-state index is -0.132. The average molecular weight is 421 g/mol. The molecular weight excluding hydrogens is 388 g/mol. The summed E-state index contributed by atoms with van der Waals surface area (Å²) in [5.74, 6) is -0.0673. The van der Waals surface area contributed by atoms with E-state index in [0.29, 0.717) is 30.4 Å². The van der Waals surface area contributed by atoms with E-state index in [1.165, 1.54) is 12.0 Å². The van der Waals surface area contributed by atoms with Crippen LogP contribution in [0.5, 0.6) is 0 Å². The van der Waals surface area contributed by atoms with Gasteiger partial charge in [0.2, 0.25) is 0 Å². The van der Waals surface area contributed by atoms with E-state index in [-0.39, 0.29) is 11.9 Å². The second kappa shape index (κ2) is 9.96. The van der Waals surface area contributed by atoms with Crippen molar-refractivity contribution >= 4 is 23.3 Å². The third-order valence-electron chi connectivity index (χ3n) is 6.41. The second-order valence-corrected chi connectivity index (χ2v) is 8.38. The molecule has 0 saturated carbocycles. The van der Waals surface area contributed by atoms with Crippen LogP contribution in [0.15, 0.2) is 48.5 Å². The Morgan fingerprint density at radius 2 is 1.81 bits per heavy atom. The largest absolute Gasteiger partial charge is 0.350 e. The standard InChI is InChI=1S/C25H32N4O2/c1-2-28-16-7-10-22(28)18-26-24(30)20-12-14-21(15-13-20)27-25(31)29-17-6-5-9-19-8-3-4-11-23(19)29/h3-4,8,11-15,22H,2,5-7,9-10,16-18H2,1H3,(H,26,30)(H,27,31)/t22-/m0/s1. The Kier molecular flexibility index (Phi) is 6.87. The first-order valence-corrected chi connectivity index (χ1v) is 11.4. The number of anilines is 2. The number of fused-ring (bicyclic) bond motifs is 1. The molecule has 0 spiro atoms. The van der Waals surface area contributed by atoms with Crippen LogP contribution in [0.2, 0.25) is 0 Å². The van der Waals surface area contributed by atoms with Crippen LogP contribution in [0.1, 0.15) is 48.5 Å². The van der Waals surface area contributed by atoms with Gasteiger partial charge in [-0.2, -0.15) is 0 Å². The van der Waals surface area contributed by atoms with E-state index in [0.717, 1.165) is 44.5 Å². The maximum atomic E-state index is 12.9. The van der Waals surface area contributed by atoms with Gasteiger partial charge in [0, 0.05) is 36.1 Å². The lowest BCUT2D eigenvalue weighted by Crippen LogP contribution is -2.40. The third-order valence-corrected chi connectivity index (χ3v) is 6.41. The minimum absolute atomic E-state index is 0.0673. The number of carbonyl (C=O) groups excluding carboxylic acids is 2. The van der Waals surface area contributed by atoms with Crippen molar-refractivity contribution in [1.29, 1.82) is 0 Å². The lowest BCUT2D eigenvalue weighted by atomic mass is 10.1. The summed E-state index contributed by atoms with van der Waals surface area (Å²) in [6.45, 7) is 5.69. The van der Waals surface area contributed by atoms with Crippen LogP contribution in [-0.2, 0) is 6.42 Å². The van der Waals surface area contributed by atoms with Crippen LogP contribution in [0.4, 0.5) is 16.2 Å². The van der Waals surface area contributed by atoms with Gasteiger partial charge in [0.05, 0.1) is 0 Å². The summed E-state index contributed by atoms with van der Waals surface area (Å²) >= 11 is 0. The molecule has 2 aliphatic heterocycles. The van der Waals surface area contributed by atoms with E-state index in [9.17, 15) is 9.59 Å². The molecule has 0 aromatic heterocycles. The molecule has 3 amide bonds. The Morgan fingerprint density at radius 3 is 2.61 bits per heavy atom. The predicted octanol–water partition coefficient (Wildman–Crippen LogP) is 4.28. The number of amides is 3. The number of carbonyl (C=O) groups is 2. The molecule has 2 aliphatic rings. The van der Waals surface area contributed by atoms with Gasteiger partial charge in [-0.05, 0) is 81.1 Å². The highest BCUT2D eigenvalue weighted by atomic mass is 16.2. The van der Waals surface area contributed by atoms with Crippen molar-refractivity contribution in [3.05, 3.63) is 59.7 Å². The quantitative estimate of drug-likeness (QED) is 0.759.